The fraction of sp³-hybridized carbons (Fsp3) is 0.400. The van der Waals surface area contributed by atoms with Gasteiger partial charge in [-0.2, -0.15) is 0 Å². The second kappa shape index (κ2) is 13.8. The van der Waals surface area contributed by atoms with Gasteiger partial charge >= 0.3 is 5.97 Å². The molecule has 0 unspecified atom stereocenters. The van der Waals surface area contributed by atoms with Crippen LogP contribution in [0.3, 0.4) is 0 Å². The number of esters is 1. The van der Waals surface area contributed by atoms with Crippen LogP contribution in [-0.4, -0.2) is 51.3 Å². The number of hydrogen-bond donors (Lipinski definition) is 0. The van der Waals surface area contributed by atoms with Crippen molar-refractivity contribution >= 4 is 17.8 Å². The van der Waals surface area contributed by atoms with Gasteiger partial charge in [0.25, 0.3) is 0 Å². The minimum atomic E-state index is -0.272. The minimum absolute atomic E-state index is 0.175. The Morgan fingerprint density at radius 2 is 1.64 bits per heavy atom. The van der Waals surface area contributed by atoms with Crippen LogP contribution in [0.2, 0.25) is 0 Å². The van der Waals surface area contributed by atoms with E-state index in [9.17, 15) is 9.59 Å². The van der Waals surface area contributed by atoms with E-state index in [2.05, 4.69) is 4.98 Å². The maximum absolute atomic E-state index is 12.8. The van der Waals surface area contributed by atoms with Crippen LogP contribution >= 0.6 is 0 Å². The van der Waals surface area contributed by atoms with Crippen molar-refractivity contribution in [2.24, 2.45) is 0 Å². The molecule has 0 radical (unpaired) electrons. The maximum atomic E-state index is 12.8. The number of pyridine rings is 1. The highest BCUT2D eigenvalue weighted by Crippen LogP contribution is 2.30. The van der Waals surface area contributed by atoms with Crippen LogP contribution in [0.15, 0.2) is 36.5 Å². The van der Waals surface area contributed by atoms with E-state index in [0.29, 0.717) is 53.9 Å². The summed E-state index contributed by atoms with van der Waals surface area (Å²) in [6.45, 7) is 2.66. The molecule has 0 aliphatic carbocycles. The molecule has 0 spiro atoms. The Kier molecular flexibility index (Phi) is 10.7. The zero-order valence-corrected chi connectivity index (χ0v) is 19.6. The average molecular weight is 458 g/mol. The first kappa shape index (κ1) is 25.7. The molecule has 1 aromatic heterocycles. The van der Waals surface area contributed by atoms with Gasteiger partial charge in [-0.15, -0.1) is 0 Å². The second-order valence-corrected chi connectivity index (χ2v) is 6.96. The summed E-state index contributed by atoms with van der Waals surface area (Å²) >= 11 is 0. The van der Waals surface area contributed by atoms with Crippen molar-refractivity contribution in [3.8, 4) is 23.0 Å². The van der Waals surface area contributed by atoms with Crippen molar-refractivity contribution in [1.82, 2.24) is 4.98 Å². The van der Waals surface area contributed by atoms with Gasteiger partial charge in [0.15, 0.2) is 17.3 Å². The van der Waals surface area contributed by atoms with E-state index < -0.39 is 0 Å². The van der Waals surface area contributed by atoms with Gasteiger partial charge in [0.05, 0.1) is 46.4 Å². The molecule has 0 N–H and O–H groups in total. The molecule has 0 fully saturated rings. The number of methoxy groups -OCH3 is 3. The number of hydrogen-bond acceptors (Lipinski definition) is 8. The zero-order chi connectivity index (χ0) is 24.1. The lowest BCUT2D eigenvalue weighted by Gasteiger charge is -2.11. The molecule has 0 aliphatic heterocycles. The second-order valence-electron chi connectivity index (χ2n) is 6.96. The van der Waals surface area contributed by atoms with Gasteiger partial charge in [0.2, 0.25) is 0 Å². The van der Waals surface area contributed by atoms with E-state index in [-0.39, 0.29) is 11.8 Å². The molecule has 33 heavy (non-hydrogen) atoms. The zero-order valence-electron chi connectivity index (χ0n) is 19.6. The summed E-state index contributed by atoms with van der Waals surface area (Å²) in [5.41, 5.74) is 0.877. The quantitative estimate of drug-likeness (QED) is 0.177. The summed E-state index contributed by atoms with van der Waals surface area (Å²) in [6, 6.07) is 6.87. The summed E-state index contributed by atoms with van der Waals surface area (Å²) < 4.78 is 26.7. The first-order valence-electron chi connectivity index (χ1n) is 10.8. The fourth-order valence-electron chi connectivity index (χ4n) is 3.10. The summed E-state index contributed by atoms with van der Waals surface area (Å²) in [7, 11) is 4.54. The van der Waals surface area contributed by atoms with Crippen molar-refractivity contribution in [1.29, 1.82) is 0 Å². The molecule has 178 valence electrons. The molecule has 8 nitrogen and oxygen atoms in total. The lowest BCUT2D eigenvalue weighted by atomic mass is 10.1. The number of benzene rings is 1. The maximum Gasteiger partial charge on any atom is 0.305 e. The largest absolute Gasteiger partial charge is 0.496 e. The minimum Gasteiger partial charge on any atom is -0.496 e. The standard InChI is InChI=1S/C25H31NO7/c1-5-32-24(28)12-7-6-8-15-33-22-16-18(26-17-23(22)31-4)13-14-19(27)25-20(29-2)10-9-11-21(25)30-3/h9-11,13-14,16-17H,5-8,12,15H2,1-4H3/b14-13+. The first-order chi connectivity index (χ1) is 16.0. The molecule has 0 amide bonds. The van der Waals surface area contributed by atoms with E-state index in [0.717, 1.165) is 19.3 Å². The van der Waals surface area contributed by atoms with Crippen molar-refractivity contribution in [3.63, 3.8) is 0 Å². The number of carbonyl (C=O) groups is 2. The van der Waals surface area contributed by atoms with Crippen LogP contribution in [0, 0.1) is 0 Å². The van der Waals surface area contributed by atoms with Gasteiger partial charge in [-0.25, -0.2) is 0 Å². The number of rotatable bonds is 14. The van der Waals surface area contributed by atoms with Crippen LogP contribution in [0.4, 0.5) is 0 Å². The first-order valence-corrected chi connectivity index (χ1v) is 10.8. The van der Waals surface area contributed by atoms with E-state index in [1.807, 2.05) is 0 Å². The molecule has 1 aromatic carbocycles. The molecule has 0 saturated carbocycles. The Labute approximate surface area is 194 Å². The van der Waals surface area contributed by atoms with E-state index in [4.69, 9.17) is 23.7 Å². The molecular weight excluding hydrogens is 426 g/mol. The van der Waals surface area contributed by atoms with Gasteiger partial charge in [0.1, 0.15) is 17.1 Å². The molecule has 0 aliphatic rings. The summed E-state index contributed by atoms with van der Waals surface area (Å²) in [6.07, 6.45) is 7.33. The van der Waals surface area contributed by atoms with Crippen molar-refractivity contribution in [2.75, 3.05) is 34.5 Å². The monoisotopic (exact) mass is 457 g/mol. The molecule has 2 aromatic rings. The Morgan fingerprint density at radius 1 is 0.939 bits per heavy atom. The molecule has 0 bridgehead atoms. The number of ketones is 1. The summed E-state index contributed by atoms with van der Waals surface area (Å²) in [4.78, 5) is 28.4. The van der Waals surface area contributed by atoms with Gasteiger partial charge in [-0.3, -0.25) is 14.6 Å². The normalized spacial score (nSPS) is 10.7. The Hall–Kier alpha value is -3.55. The Morgan fingerprint density at radius 3 is 2.27 bits per heavy atom. The lowest BCUT2D eigenvalue weighted by molar-refractivity contribution is -0.143. The smallest absolute Gasteiger partial charge is 0.305 e. The van der Waals surface area contributed by atoms with Gasteiger partial charge in [-0.05, 0) is 50.5 Å². The van der Waals surface area contributed by atoms with Crippen LogP contribution < -0.4 is 18.9 Å². The topological polar surface area (TPSA) is 93.2 Å². The van der Waals surface area contributed by atoms with Crippen molar-refractivity contribution in [3.05, 3.63) is 47.8 Å². The SMILES string of the molecule is CCOC(=O)CCCCCOc1cc(/C=C/C(=O)c2c(OC)cccc2OC)ncc1OC. The van der Waals surface area contributed by atoms with Crippen molar-refractivity contribution in [2.45, 2.75) is 32.6 Å². The van der Waals surface area contributed by atoms with Crippen molar-refractivity contribution < 1.29 is 33.3 Å². The third-order valence-electron chi connectivity index (χ3n) is 4.74. The highest BCUT2D eigenvalue weighted by molar-refractivity contribution is 6.10. The number of allylic oxidation sites excluding steroid dienone is 1. The predicted octanol–water partition coefficient (Wildman–Crippen LogP) is 4.51. The van der Waals surface area contributed by atoms with Crippen LogP contribution in [0.25, 0.3) is 6.08 Å². The van der Waals surface area contributed by atoms with E-state index in [1.165, 1.54) is 27.4 Å². The van der Waals surface area contributed by atoms with Crippen LogP contribution in [0.1, 0.15) is 48.7 Å². The summed E-state index contributed by atoms with van der Waals surface area (Å²) in [5.74, 6) is 1.44. The third-order valence-corrected chi connectivity index (χ3v) is 4.74. The molecule has 1 heterocycles. The van der Waals surface area contributed by atoms with Gasteiger partial charge in [-0.1, -0.05) is 6.07 Å². The Balaban J connectivity index is 2.01. The Bertz CT molecular complexity index is 934. The predicted molar refractivity (Wildman–Crippen MR) is 124 cm³/mol. The highest BCUT2D eigenvalue weighted by Gasteiger charge is 2.16. The number of unbranched alkanes of at least 4 members (excludes halogenated alkanes) is 2. The third kappa shape index (κ3) is 7.82. The highest BCUT2D eigenvalue weighted by atomic mass is 16.5. The fourth-order valence-corrected chi connectivity index (χ4v) is 3.10. The van der Waals surface area contributed by atoms with Gasteiger partial charge < -0.3 is 23.7 Å². The van der Waals surface area contributed by atoms with Crippen LogP contribution in [0.5, 0.6) is 23.0 Å². The summed E-state index contributed by atoms with van der Waals surface area (Å²) in [5, 5.41) is 0. The molecule has 2 rings (SSSR count). The molecular formula is C25H31NO7. The number of aromatic nitrogens is 1. The molecule has 0 saturated heterocycles. The number of nitrogens with zero attached hydrogens (tertiary/aromatic N) is 1. The van der Waals surface area contributed by atoms with E-state index in [1.54, 1.807) is 43.5 Å². The lowest BCUT2D eigenvalue weighted by Crippen LogP contribution is -2.04. The average Bonchev–Trinajstić information content (AvgIpc) is 2.84. The number of carbonyl (C=O) groups excluding carboxylic acids is 2. The molecule has 0 atom stereocenters. The van der Waals surface area contributed by atoms with Crippen LogP contribution in [-0.2, 0) is 9.53 Å². The van der Waals surface area contributed by atoms with Gasteiger partial charge in [0, 0.05) is 12.5 Å². The molecule has 8 heteroatoms. The van der Waals surface area contributed by atoms with E-state index >= 15 is 0 Å². The number of ether oxygens (including phenoxy) is 5.